The maximum atomic E-state index is 13.1. The van der Waals surface area contributed by atoms with Gasteiger partial charge in [0.15, 0.2) is 21.5 Å². The van der Waals surface area contributed by atoms with Gasteiger partial charge in [-0.2, -0.15) is 9.36 Å². The molecule has 0 unspecified atom stereocenters. The lowest BCUT2D eigenvalue weighted by Crippen LogP contribution is -2.40. The number of likely N-dealkylation sites (tertiary alicyclic amines) is 1. The molecule has 0 aromatic carbocycles. The summed E-state index contributed by atoms with van der Waals surface area (Å²) >= 11 is 1.21. The van der Waals surface area contributed by atoms with Gasteiger partial charge in [-0.05, 0) is 63.0 Å². The molecular formula is C22H27N7O2S2. The van der Waals surface area contributed by atoms with Crippen LogP contribution in [0, 0.1) is 0 Å². The Morgan fingerprint density at radius 1 is 1.09 bits per heavy atom. The quantitative estimate of drug-likeness (QED) is 0.540. The Hall–Kier alpha value is -2.63. The standard InChI is InChI=1S/C22H27N7O2S2/c1-28(2)19-4-3-11-23-21(19)26-22-25-20(27-32-22)18-8-7-17(14-24-18)33(30,31)16-9-12-29(13-10-16)15-5-6-15/h3-4,7-8,11,14-16H,5-6,9-10,12-13H2,1-2H3,(H,23,25,26,27). The van der Waals surface area contributed by atoms with Gasteiger partial charge in [0.2, 0.25) is 5.13 Å². The number of hydrogen-bond acceptors (Lipinski definition) is 10. The maximum Gasteiger partial charge on any atom is 0.208 e. The first-order valence-corrected chi connectivity index (χ1v) is 13.4. The SMILES string of the molecule is CN(C)c1cccnc1Nc1nc(-c2ccc(S(=O)(=O)C3CCN(C4CC4)CC3)cn2)ns1. The topological polar surface area (TPSA) is 104 Å². The molecule has 1 saturated carbocycles. The average Bonchev–Trinajstić information content (AvgIpc) is 3.58. The van der Waals surface area contributed by atoms with Crippen LogP contribution in [0.2, 0.25) is 0 Å². The Balaban J connectivity index is 1.28. The summed E-state index contributed by atoms with van der Waals surface area (Å²) in [6.07, 6.45) is 7.03. The average molecular weight is 486 g/mol. The highest BCUT2D eigenvalue weighted by Crippen LogP contribution is 2.33. The summed E-state index contributed by atoms with van der Waals surface area (Å²) in [6.45, 7) is 1.73. The van der Waals surface area contributed by atoms with E-state index in [4.69, 9.17) is 0 Å². The van der Waals surface area contributed by atoms with Gasteiger partial charge >= 0.3 is 0 Å². The van der Waals surface area contributed by atoms with Crippen LogP contribution >= 0.6 is 11.5 Å². The monoisotopic (exact) mass is 485 g/mol. The molecular weight excluding hydrogens is 458 g/mol. The highest BCUT2D eigenvalue weighted by Gasteiger charge is 2.36. The van der Waals surface area contributed by atoms with Crippen molar-refractivity contribution >= 4 is 38.0 Å². The third-order valence-corrected chi connectivity index (χ3v) is 9.07. The van der Waals surface area contributed by atoms with Gasteiger partial charge in [0.1, 0.15) is 5.69 Å². The van der Waals surface area contributed by atoms with Gasteiger partial charge in [-0.25, -0.2) is 13.4 Å². The summed E-state index contributed by atoms with van der Waals surface area (Å²) in [7, 11) is 0.505. The van der Waals surface area contributed by atoms with Gasteiger partial charge in [0.05, 0.1) is 15.8 Å². The van der Waals surface area contributed by atoms with Gasteiger partial charge < -0.3 is 15.1 Å². The first kappa shape index (κ1) is 22.2. The molecule has 0 radical (unpaired) electrons. The molecule has 1 N–H and O–H groups in total. The first-order chi connectivity index (χ1) is 15.9. The molecule has 0 amide bonds. The second-order valence-electron chi connectivity index (χ2n) is 8.70. The van der Waals surface area contributed by atoms with E-state index in [-0.39, 0.29) is 10.1 Å². The Bertz CT molecular complexity index is 1220. The normalized spacial score (nSPS) is 17.8. The molecule has 2 fully saturated rings. The molecule has 9 nitrogen and oxygen atoms in total. The van der Waals surface area contributed by atoms with Crippen LogP contribution in [0.25, 0.3) is 11.5 Å². The summed E-state index contributed by atoms with van der Waals surface area (Å²) in [6, 6.07) is 7.84. The van der Waals surface area contributed by atoms with Crippen molar-refractivity contribution in [3.63, 3.8) is 0 Å². The number of nitrogens with zero attached hydrogens (tertiary/aromatic N) is 6. The molecule has 1 aliphatic heterocycles. The van der Waals surface area contributed by atoms with Crippen molar-refractivity contribution in [1.29, 1.82) is 0 Å². The minimum atomic E-state index is -3.39. The summed E-state index contributed by atoms with van der Waals surface area (Å²) in [4.78, 5) is 17.9. The highest BCUT2D eigenvalue weighted by molar-refractivity contribution is 7.92. The van der Waals surface area contributed by atoms with E-state index in [9.17, 15) is 8.42 Å². The van der Waals surface area contributed by atoms with Crippen LogP contribution < -0.4 is 10.2 Å². The van der Waals surface area contributed by atoms with E-state index < -0.39 is 9.84 Å². The summed E-state index contributed by atoms with van der Waals surface area (Å²) in [5.74, 6) is 1.14. The number of hydrogen-bond donors (Lipinski definition) is 1. The fourth-order valence-corrected chi connectivity index (χ4v) is 6.45. The van der Waals surface area contributed by atoms with Crippen LogP contribution in [0.1, 0.15) is 25.7 Å². The number of sulfone groups is 1. The number of piperidine rings is 1. The van der Waals surface area contributed by atoms with E-state index in [2.05, 4.69) is 29.5 Å². The molecule has 174 valence electrons. The van der Waals surface area contributed by atoms with E-state index in [0.29, 0.717) is 41.4 Å². The van der Waals surface area contributed by atoms with Crippen molar-refractivity contribution in [3.8, 4) is 11.5 Å². The molecule has 3 aromatic rings. The lowest BCUT2D eigenvalue weighted by Gasteiger charge is -2.31. The van der Waals surface area contributed by atoms with E-state index in [1.807, 2.05) is 31.1 Å². The molecule has 33 heavy (non-hydrogen) atoms. The molecule has 1 saturated heterocycles. The number of nitrogens with one attached hydrogen (secondary N) is 1. The number of rotatable bonds is 7. The molecule has 0 atom stereocenters. The van der Waals surface area contributed by atoms with Crippen LogP contribution in [-0.2, 0) is 9.84 Å². The third kappa shape index (κ3) is 4.71. The smallest absolute Gasteiger partial charge is 0.208 e. The van der Waals surface area contributed by atoms with E-state index in [1.54, 1.807) is 18.3 Å². The lowest BCUT2D eigenvalue weighted by molar-refractivity contribution is 0.220. The third-order valence-electron chi connectivity index (χ3n) is 6.19. The zero-order valence-corrected chi connectivity index (χ0v) is 20.3. The molecule has 0 spiro atoms. The summed E-state index contributed by atoms with van der Waals surface area (Å²) in [5.41, 5.74) is 1.47. The van der Waals surface area contributed by atoms with E-state index >= 15 is 0 Å². The van der Waals surface area contributed by atoms with Gasteiger partial charge in [-0.15, -0.1) is 0 Å². The Kier molecular flexibility index (Phi) is 6.02. The molecule has 0 bridgehead atoms. The van der Waals surface area contributed by atoms with Crippen LogP contribution in [0.4, 0.5) is 16.6 Å². The van der Waals surface area contributed by atoms with Gasteiger partial charge in [-0.1, -0.05) is 0 Å². The minimum absolute atomic E-state index is 0.272. The Morgan fingerprint density at radius 2 is 1.88 bits per heavy atom. The summed E-state index contributed by atoms with van der Waals surface area (Å²) < 4.78 is 30.6. The van der Waals surface area contributed by atoms with Crippen molar-refractivity contribution in [1.82, 2.24) is 24.2 Å². The van der Waals surface area contributed by atoms with E-state index in [1.165, 1.54) is 30.6 Å². The summed E-state index contributed by atoms with van der Waals surface area (Å²) in [5, 5.41) is 3.46. The zero-order chi connectivity index (χ0) is 23.0. The molecule has 1 aliphatic carbocycles. The Morgan fingerprint density at radius 3 is 2.55 bits per heavy atom. The lowest BCUT2D eigenvalue weighted by atomic mass is 10.1. The van der Waals surface area contributed by atoms with Crippen LogP contribution in [0.15, 0.2) is 41.6 Å². The van der Waals surface area contributed by atoms with Crippen molar-refractivity contribution in [2.24, 2.45) is 0 Å². The highest BCUT2D eigenvalue weighted by atomic mass is 32.2. The number of aromatic nitrogens is 4. The van der Waals surface area contributed by atoms with Gasteiger partial charge in [0, 0.05) is 44.1 Å². The molecule has 5 rings (SSSR count). The fourth-order valence-electron chi connectivity index (χ4n) is 4.20. The Labute approximate surface area is 198 Å². The van der Waals surface area contributed by atoms with Crippen molar-refractivity contribution in [2.45, 2.75) is 41.9 Å². The molecule has 3 aromatic heterocycles. The van der Waals surface area contributed by atoms with Gasteiger partial charge in [-0.3, -0.25) is 4.98 Å². The van der Waals surface area contributed by atoms with Gasteiger partial charge in [0.25, 0.3) is 0 Å². The number of pyridine rings is 2. The molecule has 4 heterocycles. The largest absolute Gasteiger partial charge is 0.375 e. The van der Waals surface area contributed by atoms with Crippen molar-refractivity contribution in [3.05, 3.63) is 36.7 Å². The van der Waals surface area contributed by atoms with Crippen molar-refractivity contribution in [2.75, 3.05) is 37.4 Å². The predicted octanol–water partition coefficient (Wildman–Crippen LogP) is 3.21. The first-order valence-electron chi connectivity index (χ1n) is 11.1. The second kappa shape index (κ2) is 8.96. The fraction of sp³-hybridized carbons (Fsp3) is 0.455. The van der Waals surface area contributed by atoms with E-state index in [0.717, 1.165) is 18.8 Å². The van der Waals surface area contributed by atoms with Crippen LogP contribution in [0.3, 0.4) is 0 Å². The van der Waals surface area contributed by atoms with Crippen molar-refractivity contribution < 1.29 is 8.42 Å². The molecule has 2 aliphatic rings. The van der Waals surface area contributed by atoms with Crippen LogP contribution in [0.5, 0.6) is 0 Å². The maximum absolute atomic E-state index is 13.1. The minimum Gasteiger partial charge on any atom is -0.375 e. The number of anilines is 3. The second-order valence-corrected chi connectivity index (χ2v) is 11.7. The van der Waals surface area contributed by atoms with Crippen LogP contribution in [-0.4, -0.2) is 71.1 Å². The molecule has 11 heteroatoms. The zero-order valence-electron chi connectivity index (χ0n) is 18.7. The predicted molar refractivity (Wildman–Crippen MR) is 130 cm³/mol.